The van der Waals surface area contributed by atoms with Gasteiger partial charge in [-0.2, -0.15) is 13.2 Å². The SMILES string of the molecule is CCCn1c(CO)nnc1Sc1nc(C(F)(F)F)cs1. The normalized spacial score (nSPS) is 12.1. The molecule has 2 aromatic rings. The molecular weight excluding hydrogens is 313 g/mol. The van der Waals surface area contributed by atoms with Gasteiger partial charge in [-0.25, -0.2) is 4.98 Å². The minimum absolute atomic E-state index is 0.242. The largest absolute Gasteiger partial charge is 0.434 e. The fraction of sp³-hybridized carbons (Fsp3) is 0.500. The molecule has 20 heavy (non-hydrogen) atoms. The van der Waals surface area contributed by atoms with Crippen molar-refractivity contribution in [3.05, 3.63) is 16.9 Å². The number of rotatable bonds is 5. The molecule has 0 atom stereocenters. The standard InChI is InChI=1S/C10H11F3N4OS2/c1-2-3-17-7(4-18)15-16-8(17)20-9-14-6(5-19-9)10(11,12)13/h5,18H,2-4H2,1H3. The predicted molar refractivity (Wildman–Crippen MR) is 67.5 cm³/mol. The lowest BCUT2D eigenvalue weighted by molar-refractivity contribution is -0.141. The van der Waals surface area contributed by atoms with E-state index in [0.717, 1.165) is 34.9 Å². The van der Waals surface area contributed by atoms with Crippen molar-refractivity contribution in [1.82, 2.24) is 19.7 Å². The molecule has 0 amide bonds. The minimum atomic E-state index is -4.44. The monoisotopic (exact) mass is 324 g/mol. The Morgan fingerprint density at radius 2 is 2.15 bits per heavy atom. The fourth-order valence-electron chi connectivity index (χ4n) is 1.47. The molecular formula is C10H11F3N4OS2. The second-order valence-electron chi connectivity index (χ2n) is 3.81. The Hall–Kier alpha value is -1.13. The topological polar surface area (TPSA) is 63.8 Å². The third-order valence-electron chi connectivity index (χ3n) is 2.33. The molecule has 0 aromatic carbocycles. The molecule has 1 N–H and O–H groups in total. The van der Waals surface area contributed by atoms with Crippen LogP contribution >= 0.6 is 23.1 Å². The minimum Gasteiger partial charge on any atom is -0.388 e. The maximum Gasteiger partial charge on any atom is 0.434 e. The lowest BCUT2D eigenvalue weighted by Gasteiger charge is -2.05. The average molecular weight is 324 g/mol. The smallest absolute Gasteiger partial charge is 0.388 e. The molecule has 0 spiro atoms. The molecule has 2 heterocycles. The molecule has 0 aliphatic carbocycles. The maximum atomic E-state index is 12.5. The Kier molecular flexibility index (Phi) is 4.66. The molecule has 10 heteroatoms. The van der Waals surface area contributed by atoms with Crippen molar-refractivity contribution in [2.45, 2.75) is 42.2 Å². The second-order valence-corrected chi connectivity index (χ2v) is 5.88. The van der Waals surface area contributed by atoms with Gasteiger partial charge in [0, 0.05) is 11.9 Å². The number of aromatic nitrogens is 4. The van der Waals surface area contributed by atoms with Gasteiger partial charge in [-0.1, -0.05) is 6.92 Å². The van der Waals surface area contributed by atoms with Gasteiger partial charge in [-0.15, -0.1) is 21.5 Å². The third-order valence-corrected chi connectivity index (χ3v) is 4.26. The maximum absolute atomic E-state index is 12.5. The number of aliphatic hydroxyl groups is 1. The van der Waals surface area contributed by atoms with Gasteiger partial charge in [0.05, 0.1) is 0 Å². The predicted octanol–water partition coefficient (Wildman–Crippen LogP) is 2.81. The van der Waals surface area contributed by atoms with Crippen molar-refractivity contribution in [3.8, 4) is 0 Å². The Balaban J connectivity index is 2.21. The van der Waals surface area contributed by atoms with E-state index in [1.165, 1.54) is 0 Å². The van der Waals surface area contributed by atoms with E-state index in [9.17, 15) is 13.2 Å². The lowest BCUT2D eigenvalue weighted by atomic mass is 10.4. The van der Waals surface area contributed by atoms with Gasteiger partial charge >= 0.3 is 6.18 Å². The molecule has 110 valence electrons. The Morgan fingerprint density at radius 3 is 2.70 bits per heavy atom. The van der Waals surface area contributed by atoms with Gasteiger partial charge < -0.3 is 9.67 Å². The number of hydrogen-bond acceptors (Lipinski definition) is 6. The van der Waals surface area contributed by atoms with E-state index in [0.29, 0.717) is 17.5 Å². The summed E-state index contributed by atoms with van der Waals surface area (Å²) in [6.07, 6.45) is -3.65. The van der Waals surface area contributed by atoms with Crippen LogP contribution in [0.15, 0.2) is 14.9 Å². The quantitative estimate of drug-likeness (QED) is 0.916. The van der Waals surface area contributed by atoms with Gasteiger partial charge in [0.2, 0.25) is 0 Å². The van der Waals surface area contributed by atoms with E-state index < -0.39 is 11.9 Å². The summed E-state index contributed by atoms with van der Waals surface area (Å²) >= 11 is 1.92. The summed E-state index contributed by atoms with van der Waals surface area (Å²) in [6.45, 7) is 2.27. The summed E-state index contributed by atoms with van der Waals surface area (Å²) in [4.78, 5) is 3.53. The molecule has 0 saturated carbocycles. The van der Waals surface area contributed by atoms with Crippen molar-refractivity contribution in [2.75, 3.05) is 0 Å². The van der Waals surface area contributed by atoms with Crippen molar-refractivity contribution in [1.29, 1.82) is 0 Å². The number of hydrogen-bond donors (Lipinski definition) is 1. The highest BCUT2D eigenvalue weighted by Crippen LogP contribution is 2.35. The molecule has 2 rings (SSSR count). The van der Waals surface area contributed by atoms with E-state index >= 15 is 0 Å². The molecule has 0 bridgehead atoms. The van der Waals surface area contributed by atoms with E-state index in [1.807, 2.05) is 6.92 Å². The first-order valence-electron chi connectivity index (χ1n) is 5.69. The Bertz CT molecular complexity index is 581. The highest BCUT2D eigenvalue weighted by atomic mass is 32.2. The highest BCUT2D eigenvalue weighted by molar-refractivity contribution is 8.00. The number of aliphatic hydroxyl groups excluding tert-OH is 1. The van der Waals surface area contributed by atoms with Crippen LogP contribution in [0, 0.1) is 0 Å². The molecule has 2 aromatic heterocycles. The van der Waals surface area contributed by atoms with Crippen molar-refractivity contribution in [3.63, 3.8) is 0 Å². The molecule has 5 nitrogen and oxygen atoms in total. The zero-order chi connectivity index (χ0) is 14.8. The van der Waals surface area contributed by atoms with Crippen LogP contribution in [-0.2, 0) is 19.3 Å². The third kappa shape index (κ3) is 3.30. The van der Waals surface area contributed by atoms with Crippen LogP contribution in [0.3, 0.4) is 0 Å². The summed E-state index contributed by atoms with van der Waals surface area (Å²) in [6, 6.07) is 0. The van der Waals surface area contributed by atoms with E-state index in [4.69, 9.17) is 5.11 Å². The van der Waals surface area contributed by atoms with Crippen molar-refractivity contribution >= 4 is 23.1 Å². The van der Waals surface area contributed by atoms with Crippen LogP contribution in [-0.4, -0.2) is 24.9 Å². The number of thiazole rings is 1. The first kappa shape index (κ1) is 15.3. The van der Waals surface area contributed by atoms with E-state index in [1.54, 1.807) is 4.57 Å². The van der Waals surface area contributed by atoms with Crippen LogP contribution in [0.5, 0.6) is 0 Å². The summed E-state index contributed by atoms with van der Waals surface area (Å²) in [5.41, 5.74) is -0.908. The van der Waals surface area contributed by atoms with Crippen LogP contribution in [0.1, 0.15) is 24.9 Å². The highest BCUT2D eigenvalue weighted by Gasteiger charge is 2.34. The Labute approximate surface area is 120 Å². The molecule has 0 saturated heterocycles. The van der Waals surface area contributed by atoms with Crippen LogP contribution in [0.4, 0.5) is 13.2 Å². The molecule has 0 aliphatic rings. The number of alkyl halides is 3. The summed E-state index contributed by atoms with van der Waals surface area (Å²) in [7, 11) is 0. The fourth-order valence-corrected chi connectivity index (χ4v) is 3.27. The molecule has 0 unspecified atom stereocenters. The molecule has 0 fully saturated rings. The first-order chi connectivity index (χ1) is 9.45. The number of nitrogens with zero attached hydrogens (tertiary/aromatic N) is 4. The lowest BCUT2D eigenvalue weighted by Crippen LogP contribution is -2.05. The van der Waals surface area contributed by atoms with Gasteiger partial charge in [-0.05, 0) is 18.2 Å². The summed E-state index contributed by atoms with van der Waals surface area (Å²) < 4.78 is 39.3. The average Bonchev–Trinajstić information content (AvgIpc) is 2.98. The van der Waals surface area contributed by atoms with Crippen molar-refractivity contribution < 1.29 is 18.3 Å². The first-order valence-corrected chi connectivity index (χ1v) is 7.38. The summed E-state index contributed by atoms with van der Waals surface area (Å²) in [5.74, 6) is 0.391. The van der Waals surface area contributed by atoms with Gasteiger partial charge in [-0.3, -0.25) is 0 Å². The van der Waals surface area contributed by atoms with Crippen molar-refractivity contribution in [2.24, 2.45) is 0 Å². The zero-order valence-electron chi connectivity index (χ0n) is 10.4. The van der Waals surface area contributed by atoms with Gasteiger partial charge in [0.1, 0.15) is 6.61 Å². The summed E-state index contributed by atoms with van der Waals surface area (Å²) in [5, 5.41) is 18.2. The van der Waals surface area contributed by atoms with Crippen LogP contribution < -0.4 is 0 Å². The Morgan fingerprint density at radius 1 is 1.40 bits per heavy atom. The van der Waals surface area contributed by atoms with E-state index in [2.05, 4.69) is 15.2 Å². The number of halogens is 3. The molecule has 0 radical (unpaired) electrons. The second kappa shape index (κ2) is 6.10. The zero-order valence-corrected chi connectivity index (χ0v) is 12.0. The van der Waals surface area contributed by atoms with Gasteiger partial charge in [0.15, 0.2) is 21.0 Å². The van der Waals surface area contributed by atoms with Gasteiger partial charge in [0.25, 0.3) is 0 Å². The van der Waals surface area contributed by atoms with Crippen LogP contribution in [0.25, 0.3) is 0 Å². The van der Waals surface area contributed by atoms with E-state index in [-0.39, 0.29) is 10.9 Å². The van der Waals surface area contributed by atoms with Crippen LogP contribution in [0.2, 0.25) is 0 Å². The molecule has 0 aliphatic heterocycles.